The van der Waals surface area contributed by atoms with E-state index < -0.39 is 0 Å². The number of benzene rings is 1. The number of nitrogens with zero attached hydrogens (tertiary/aromatic N) is 1. The molecule has 0 bridgehead atoms. The first-order chi connectivity index (χ1) is 8.39. The molecule has 1 aliphatic rings. The van der Waals surface area contributed by atoms with Crippen molar-refractivity contribution >= 4 is 40.5 Å². The lowest BCUT2D eigenvalue weighted by Crippen LogP contribution is -2.46. The molecule has 0 aromatic heterocycles. The van der Waals surface area contributed by atoms with Gasteiger partial charge in [0.15, 0.2) is 0 Å². The molecule has 0 amide bonds. The summed E-state index contributed by atoms with van der Waals surface area (Å²) < 4.78 is 0. The van der Waals surface area contributed by atoms with Crippen LogP contribution in [0, 0.1) is 0 Å². The Balaban J connectivity index is 2.32. The van der Waals surface area contributed by atoms with Gasteiger partial charge in [0, 0.05) is 18.6 Å². The molecule has 1 heterocycles. The third-order valence-corrected chi connectivity index (χ3v) is 4.15. The number of hydrogen-bond acceptors (Lipinski definition) is 2. The highest BCUT2D eigenvalue weighted by molar-refractivity contribution is 6.44. The van der Waals surface area contributed by atoms with Crippen LogP contribution in [0.15, 0.2) is 12.1 Å². The summed E-state index contributed by atoms with van der Waals surface area (Å²) in [6.45, 7) is 7.26. The first-order valence-electron chi connectivity index (χ1n) is 6.03. The molecular formula is C13H17Cl3N2. The Morgan fingerprint density at radius 1 is 1.11 bits per heavy atom. The molecule has 2 nitrogen and oxygen atoms in total. The van der Waals surface area contributed by atoms with Gasteiger partial charge in [-0.15, -0.1) is 0 Å². The number of rotatable bonds is 1. The Morgan fingerprint density at radius 2 is 1.78 bits per heavy atom. The lowest BCUT2D eigenvalue weighted by Gasteiger charge is -2.32. The van der Waals surface area contributed by atoms with E-state index >= 15 is 0 Å². The lowest BCUT2D eigenvalue weighted by atomic mass is 10.1. The Labute approximate surface area is 123 Å². The fraction of sp³-hybridized carbons (Fsp3) is 0.538. The second-order valence-corrected chi connectivity index (χ2v) is 6.53. The van der Waals surface area contributed by atoms with Gasteiger partial charge in [0.25, 0.3) is 0 Å². The zero-order valence-corrected chi connectivity index (χ0v) is 12.8. The minimum absolute atomic E-state index is 0.0614. The van der Waals surface area contributed by atoms with E-state index in [1.807, 2.05) is 6.07 Å². The van der Waals surface area contributed by atoms with Gasteiger partial charge in [-0.2, -0.15) is 0 Å². The van der Waals surface area contributed by atoms with Crippen LogP contribution in [-0.4, -0.2) is 25.2 Å². The van der Waals surface area contributed by atoms with Crippen molar-refractivity contribution in [2.75, 3.05) is 24.5 Å². The van der Waals surface area contributed by atoms with Crippen LogP contribution in [0.4, 0.5) is 5.69 Å². The van der Waals surface area contributed by atoms with Gasteiger partial charge >= 0.3 is 0 Å². The highest BCUT2D eigenvalue weighted by Gasteiger charge is 2.25. The van der Waals surface area contributed by atoms with Crippen molar-refractivity contribution in [2.45, 2.75) is 25.8 Å². The summed E-state index contributed by atoms with van der Waals surface area (Å²) in [5.41, 5.74) is 1.02. The average molecular weight is 308 g/mol. The number of nitrogens with one attached hydrogen (secondary N) is 1. The topological polar surface area (TPSA) is 15.3 Å². The van der Waals surface area contributed by atoms with Gasteiger partial charge < -0.3 is 10.2 Å². The highest BCUT2D eigenvalue weighted by Crippen LogP contribution is 2.35. The Kier molecular flexibility index (Phi) is 4.32. The van der Waals surface area contributed by atoms with E-state index in [-0.39, 0.29) is 5.54 Å². The summed E-state index contributed by atoms with van der Waals surface area (Å²) in [4.78, 5) is 2.27. The quantitative estimate of drug-likeness (QED) is 0.781. The smallest absolute Gasteiger partial charge is 0.0655 e. The normalized spacial score (nSPS) is 19.7. The fourth-order valence-electron chi connectivity index (χ4n) is 2.27. The van der Waals surface area contributed by atoms with Crippen molar-refractivity contribution in [1.29, 1.82) is 0 Å². The predicted molar refractivity (Wildman–Crippen MR) is 80.4 cm³/mol. The van der Waals surface area contributed by atoms with Gasteiger partial charge in [-0.05, 0) is 38.9 Å². The van der Waals surface area contributed by atoms with Gasteiger partial charge in [0.05, 0.1) is 20.8 Å². The van der Waals surface area contributed by atoms with Crippen molar-refractivity contribution in [3.63, 3.8) is 0 Å². The van der Waals surface area contributed by atoms with Crippen LogP contribution in [0.25, 0.3) is 0 Å². The molecule has 0 aliphatic carbocycles. The Bertz CT molecular complexity index is 446. The van der Waals surface area contributed by atoms with E-state index in [2.05, 4.69) is 24.1 Å². The molecule has 0 spiro atoms. The van der Waals surface area contributed by atoms with Gasteiger partial charge in [0.2, 0.25) is 0 Å². The van der Waals surface area contributed by atoms with Crippen molar-refractivity contribution < 1.29 is 0 Å². The van der Waals surface area contributed by atoms with E-state index in [0.29, 0.717) is 15.1 Å². The van der Waals surface area contributed by atoms with Crippen molar-refractivity contribution in [2.24, 2.45) is 0 Å². The number of halogens is 3. The van der Waals surface area contributed by atoms with Crippen LogP contribution in [0.5, 0.6) is 0 Å². The SMILES string of the molecule is CC1(C)CN(c2cc(Cl)c(Cl)cc2Cl)CCCN1. The molecule has 2 rings (SSSR count). The van der Waals surface area contributed by atoms with Crippen LogP contribution in [0.3, 0.4) is 0 Å². The molecule has 0 unspecified atom stereocenters. The first-order valence-corrected chi connectivity index (χ1v) is 7.17. The van der Waals surface area contributed by atoms with Crippen LogP contribution in [-0.2, 0) is 0 Å². The third-order valence-electron chi connectivity index (χ3n) is 3.12. The van der Waals surface area contributed by atoms with Gasteiger partial charge in [0.1, 0.15) is 0 Å². The minimum atomic E-state index is 0.0614. The molecule has 1 saturated heterocycles. The molecule has 0 saturated carbocycles. The molecule has 0 atom stereocenters. The second kappa shape index (κ2) is 5.46. The third kappa shape index (κ3) is 3.24. The maximum Gasteiger partial charge on any atom is 0.0655 e. The van der Waals surface area contributed by atoms with E-state index in [0.717, 1.165) is 31.7 Å². The Morgan fingerprint density at radius 3 is 2.50 bits per heavy atom. The monoisotopic (exact) mass is 306 g/mol. The molecular weight excluding hydrogens is 291 g/mol. The molecule has 18 heavy (non-hydrogen) atoms. The van der Waals surface area contributed by atoms with E-state index in [1.165, 1.54) is 0 Å². The Hall–Kier alpha value is -0.150. The zero-order chi connectivity index (χ0) is 13.3. The molecule has 1 aromatic rings. The van der Waals surface area contributed by atoms with E-state index in [9.17, 15) is 0 Å². The lowest BCUT2D eigenvalue weighted by molar-refractivity contribution is 0.416. The summed E-state index contributed by atoms with van der Waals surface area (Å²) in [5.74, 6) is 0. The van der Waals surface area contributed by atoms with Crippen molar-refractivity contribution in [3.8, 4) is 0 Å². The van der Waals surface area contributed by atoms with Crippen LogP contribution in [0.1, 0.15) is 20.3 Å². The van der Waals surface area contributed by atoms with Crippen LogP contribution < -0.4 is 10.2 Å². The minimum Gasteiger partial charge on any atom is -0.368 e. The van der Waals surface area contributed by atoms with Crippen LogP contribution in [0.2, 0.25) is 15.1 Å². The molecule has 5 heteroatoms. The highest BCUT2D eigenvalue weighted by atomic mass is 35.5. The molecule has 100 valence electrons. The average Bonchev–Trinajstić information content (AvgIpc) is 2.44. The van der Waals surface area contributed by atoms with Gasteiger partial charge in [-0.25, -0.2) is 0 Å². The number of hydrogen-bond donors (Lipinski definition) is 1. The summed E-state index contributed by atoms with van der Waals surface area (Å²) >= 11 is 18.3. The summed E-state index contributed by atoms with van der Waals surface area (Å²) in [5, 5.41) is 5.22. The largest absolute Gasteiger partial charge is 0.368 e. The standard InChI is InChI=1S/C13H17Cl3N2/c1-13(2)8-18(5-3-4-17-13)12-7-10(15)9(14)6-11(12)16/h6-7,17H,3-5,8H2,1-2H3. The second-order valence-electron chi connectivity index (χ2n) is 5.30. The maximum atomic E-state index is 6.28. The molecule has 1 fully saturated rings. The predicted octanol–water partition coefficient (Wildman–Crippen LogP) is 4.23. The number of anilines is 1. The van der Waals surface area contributed by atoms with Gasteiger partial charge in [-0.1, -0.05) is 34.8 Å². The van der Waals surface area contributed by atoms with Crippen molar-refractivity contribution in [1.82, 2.24) is 5.32 Å². The molecule has 0 radical (unpaired) electrons. The van der Waals surface area contributed by atoms with Gasteiger partial charge in [-0.3, -0.25) is 0 Å². The zero-order valence-electron chi connectivity index (χ0n) is 10.6. The molecule has 1 aliphatic heterocycles. The fourth-order valence-corrected chi connectivity index (χ4v) is 2.93. The molecule has 1 N–H and O–H groups in total. The van der Waals surface area contributed by atoms with E-state index in [1.54, 1.807) is 6.07 Å². The van der Waals surface area contributed by atoms with Crippen LogP contribution >= 0.6 is 34.8 Å². The van der Waals surface area contributed by atoms with E-state index in [4.69, 9.17) is 34.8 Å². The molecule has 1 aromatic carbocycles. The summed E-state index contributed by atoms with van der Waals surface area (Å²) in [7, 11) is 0. The van der Waals surface area contributed by atoms with Crippen molar-refractivity contribution in [3.05, 3.63) is 27.2 Å². The first kappa shape index (κ1) is 14.3. The summed E-state index contributed by atoms with van der Waals surface area (Å²) in [6, 6.07) is 3.57. The maximum absolute atomic E-state index is 6.28. The summed E-state index contributed by atoms with van der Waals surface area (Å²) in [6.07, 6.45) is 1.08.